The van der Waals surface area contributed by atoms with Gasteiger partial charge in [0.25, 0.3) is 0 Å². The van der Waals surface area contributed by atoms with E-state index in [1.54, 1.807) is 24.3 Å². The fraction of sp³-hybridized carbons (Fsp3) is 0.333. The molecule has 0 radical (unpaired) electrons. The van der Waals surface area contributed by atoms with Crippen molar-refractivity contribution in [3.63, 3.8) is 0 Å². The molecule has 0 unspecified atom stereocenters. The van der Waals surface area contributed by atoms with E-state index in [2.05, 4.69) is 5.32 Å². The van der Waals surface area contributed by atoms with Crippen molar-refractivity contribution in [3.8, 4) is 11.5 Å². The maximum Gasteiger partial charge on any atom is 0.224 e. The van der Waals surface area contributed by atoms with E-state index in [1.807, 2.05) is 32.0 Å². The standard InChI is InChI=1S/C21H23NO4S/c1-14(2)11-21(24)22-16-5-3-15(4-6-16)18(23)13-27-17-7-8-19-20(12-17)26-10-9-25-19/h3-8,12,14H,9-11,13H2,1-2H3,(H,22,24). The number of Topliss-reactive ketones (excluding diaryl/α,β-unsaturated/α-hetero) is 1. The van der Waals surface area contributed by atoms with Crippen LogP contribution in [0.3, 0.4) is 0 Å². The summed E-state index contributed by atoms with van der Waals surface area (Å²) in [5, 5.41) is 2.85. The third-order valence-corrected chi connectivity index (χ3v) is 4.96. The number of anilines is 1. The average molecular weight is 385 g/mol. The van der Waals surface area contributed by atoms with E-state index in [-0.39, 0.29) is 11.7 Å². The van der Waals surface area contributed by atoms with Gasteiger partial charge in [-0.05, 0) is 48.4 Å². The Morgan fingerprint density at radius 2 is 1.74 bits per heavy atom. The van der Waals surface area contributed by atoms with Gasteiger partial charge in [0.15, 0.2) is 17.3 Å². The topological polar surface area (TPSA) is 64.6 Å². The van der Waals surface area contributed by atoms with Crippen LogP contribution in [0, 0.1) is 5.92 Å². The lowest BCUT2D eigenvalue weighted by molar-refractivity contribution is -0.116. The van der Waals surface area contributed by atoms with E-state index < -0.39 is 0 Å². The molecule has 1 amide bonds. The summed E-state index contributed by atoms with van der Waals surface area (Å²) >= 11 is 1.46. The van der Waals surface area contributed by atoms with E-state index in [1.165, 1.54) is 11.8 Å². The van der Waals surface area contributed by atoms with Gasteiger partial charge in [-0.25, -0.2) is 0 Å². The number of thioether (sulfide) groups is 1. The lowest BCUT2D eigenvalue weighted by Gasteiger charge is -2.18. The van der Waals surface area contributed by atoms with Crippen molar-refractivity contribution in [2.24, 2.45) is 5.92 Å². The number of benzene rings is 2. The van der Waals surface area contributed by atoms with Crippen LogP contribution in [0.5, 0.6) is 11.5 Å². The lowest BCUT2D eigenvalue weighted by atomic mass is 10.1. The molecule has 0 bridgehead atoms. The van der Waals surface area contributed by atoms with Gasteiger partial charge in [0.2, 0.25) is 5.91 Å². The molecule has 1 N–H and O–H groups in total. The Hall–Kier alpha value is -2.47. The van der Waals surface area contributed by atoms with Crippen LogP contribution >= 0.6 is 11.8 Å². The fourth-order valence-corrected chi connectivity index (χ4v) is 3.49. The number of ether oxygens (including phenoxy) is 2. The number of carbonyl (C=O) groups is 2. The summed E-state index contributed by atoms with van der Waals surface area (Å²) in [6.45, 7) is 5.10. The van der Waals surface area contributed by atoms with Crippen LogP contribution in [-0.2, 0) is 4.79 Å². The Kier molecular flexibility index (Phi) is 6.40. The normalized spacial score (nSPS) is 12.7. The van der Waals surface area contributed by atoms with E-state index in [0.717, 1.165) is 16.4 Å². The second-order valence-corrected chi connectivity index (χ2v) is 7.79. The molecule has 2 aromatic carbocycles. The minimum absolute atomic E-state index is 0.0155. The first kappa shape index (κ1) is 19.3. The van der Waals surface area contributed by atoms with Crippen molar-refractivity contribution in [1.29, 1.82) is 0 Å². The smallest absolute Gasteiger partial charge is 0.224 e. The van der Waals surface area contributed by atoms with Gasteiger partial charge in [-0.1, -0.05) is 13.8 Å². The molecule has 142 valence electrons. The van der Waals surface area contributed by atoms with Crippen molar-refractivity contribution in [2.75, 3.05) is 24.3 Å². The third-order valence-electron chi connectivity index (χ3n) is 3.97. The van der Waals surface area contributed by atoms with Gasteiger partial charge in [0.1, 0.15) is 13.2 Å². The number of hydrogen-bond acceptors (Lipinski definition) is 5. The zero-order valence-electron chi connectivity index (χ0n) is 15.5. The number of carbonyl (C=O) groups excluding carboxylic acids is 2. The molecule has 27 heavy (non-hydrogen) atoms. The van der Waals surface area contributed by atoms with Crippen LogP contribution in [0.4, 0.5) is 5.69 Å². The molecule has 0 fully saturated rings. The van der Waals surface area contributed by atoms with Crippen molar-refractivity contribution in [2.45, 2.75) is 25.2 Å². The number of nitrogens with one attached hydrogen (secondary N) is 1. The summed E-state index contributed by atoms with van der Waals surface area (Å²) < 4.78 is 11.1. The van der Waals surface area contributed by atoms with Gasteiger partial charge in [0.05, 0.1) is 5.75 Å². The summed E-state index contributed by atoms with van der Waals surface area (Å²) in [5.74, 6) is 2.13. The predicted octanol–water partition coefficient (Wildman–Crippen LogP) is 4.42. The highest BCUT2D eigenvalue weighted by atomic mass is 32.2. The zero-order chi connectivity index (χ0) is 19.2. The number of hydrogen-bond donors (Lipinski definition) is 1. The second-order valence-electron chi connectivity index (χ2n) is 6.74. The highest BCUT2D eigenvalue weighted by molar-refractivity contribution is 8.00. The van der Waals surface area contributed by atoms with E-state index in [0.29, 0.717) is 42.6 Å². The molecule has 0 aromatic heterocycles. The Morgan fingerprint density at radius 3 is 2.44 bits per heavy atom. The third kappa shape index (κ3) is 5.50. The van der Waals surface area contributed by atoms with Crippen LogP contribution in [0.25, 0.3) is 0 Å². The van der Waals surface area contributed by atoms with Crippen LogP contribution in [0.15, 0.2) is 47.4 Å². The van der Waals surface area contributed by atoms with Crippen LogP contribution in [0.2, 0.25) is 0 Å². The maximum atomic E-state index is 12.4. The monoisotopic (exact) mass is 385 g/mol. The van der Waals surface area contributed by atoms with Crippen LogP contribution in [-0.4, -0.2) is 30.7 Å². The predicted molar refractivity (Wildman–Crippen MR) is 107 cm³/mol. The molecule has 0 spiro atoms. The van der Waals surface area contributed by atoms with Crippen LogP contribution < -0.4 is 14.8 Å². The maximum absolute atomic E-state index is 12.4. The lowest BCUT2D eigenvalue weighted by Crippen LogP contribution is -2.15. The quantitative estimate of drug-likeness (QED) is 0.565. The van der Waals surface area contributed by atoms with E-state index >= 15 is 0 Å². The Bertz CT molecular complexity index is 817. The van der Waals surface area contributed by atoms with Crippen molar-refractivity contribution in [1.82, 2.24) is 0 Å². The molecule has 1 aliphatic rings. The van der Waals surface area contributed by atoms with Crippen molar-refractivity contribution >= 4 is 29.1 Å². The van der Waals surface area contributed by atoms with E-state index in [9.17, 15) is 9.59 Å². The van der Waals surface area contributed by atoms with Gasteiger partial charge < -0.3 is 14.8 Å². The first-order valence-electron chi connectivity index (χ1n) is 8.97. The molecule has 0 atom stereocenters. The molecule has 0 aliphatic carbocycles. The van der Waals surface area contributed by atoms with Crippen LogP contribution in [0.1, 0.15) is 30.6 Å². The molecule has 0 saturated heterocycles. The first-order chi connectivity index (χ1) is 13.0. The Balaban J connectivity index is 1.54. The van der Waals surface area contributed by atoms with Gasteiger partial charge in [0, 0.05) is 22.6 Å². The molecule has 6 heteroatoms. The largest absolute Gasteiger partial charge is 0.486 e. The highest BCUT2D eigenvalue weighted by Gasteiger charge is 2.13. The molecule has 1 aliphatic heterocycles. The minimum atomic E-state index is -0.0155. The van der Waals surface area contributed by atoms with Gasteiger partial charge in [-0.2, -0.15) is 0 Å². The van der Waals surface area contributed by atoms with Crippen molar-refractivity contribution < 1.29 is 19.1 Å². The molecule has 3 rings (SSSR count). The molecule has 0 saturated carbocycles. The summed E-state index contributed by atoms with van der Waals surface area (Å²) in [4.78, 5) is 25.2. The Morgan fingerprint density at radius 1 is 1.04 bits per heavy atom. The van der Waals surface area contributed by atoms with E-state index in [4.69, 9.17) is 9.47 Å². The number of amides is 1. The minimum Gasteiger partial charge on any atom is -0.486 e. The molecule has 1 heterocycles. The van der Waals surface area contributed by atoms with Gasteiger partial charge >= 0.3 is 0 Å². The molecular formula is C21H23NO4S. The summed E-state index contributed by atoms with van der Waals surface area (Å²) in [7, 11) is 0. The second kappa shape index (κ2) is 8.95. The number of ketones is 1. The molecule has 2 aromatic rings. The first-order valence-corrected chi connectivity index (χ1v) is 9.95. The summed E-state index contributed by atoms with van der Waals surface area (Å²) in [5.41, 5.74) is 1.33. The molecular weight excluding hydrogens is 362 g/mol. The number of rotatable bonds is 7. The van der Waals surface area contributed by atoms with Gasteiger partial charge in [-0.3, -0.25) is 9.59 Å². The average Bonchev–Trinajstić information content (AvgIpc) is 2.66. The summed E-state index contributed by atoms with van der Waals surface area (Å²) in [6, 6.07) is 12.7. The zero-order valence-corrected chi connectivity index (χ0v) is 16.3. The SMILES string of the molecule is CC(C)CC(=O)Nc1ccc(C(=O)CSc2ccc3c(c2)OCCO3)cc1. The Labute approximate surface area is 163 Å². The fourth-order valence-electron chi connectivity index (χ4n) is 2.67. The highest BCUT2D eigenvalue weighted by Crippen LogP contribution is 2.34. The summed E-state index contributed by atoms with van der Waals surface area (Å²) in [6.07, 6.45) is 0.479. The van der Waals surface area contributed by atoms with Crippen molar-refractivity contribution in [3.05, 3.63) is 48.0 Å². The number of fused-ring (bicyclic) bond motifs is 1. The molecule has 5 nitrogen and oxygen atoms in total. The van der Waals surface area contributed by atoms with Gasteiger partial charge in [-0.15, -0.1) is 11.8 Å².